The Balaban J connectivity index is 1.61. The van der Waals surface area contributed by atoms with Crippen LogP contribution in [-0.2, 0) is 9.47 Å². The van der Waals surface area contributed by atoms with E-state index >= 15 is 0 Å². The van der Waals surface area contributed by atoms with Crippen molar-refractivity contribution in [2.24, 2.45) is 0 Å². The Morgan fingerprint density at radius 3 is 2.52 bits per heavy atom. The van der Waals surface area contributed by atoms with Gasteiger partial charge in [0.05, 0.1) is 25.9 Å². The molecule has 7 nitrogen and oxygen atoms in total. The summed E-state index contributed by atoms with van der Waals surface area (Å²) in [5, 5.41) is 2.90. The molecule has 2 aromatic rings. The average molecular weight is 397 g/mol. The number of rotatable bonds is 7. The van der Waals surface area contributed by atoms with Gasteiger partial charge < -0.3 is 24.6 Å². The smallest absolute Gasteiger partial charge is 0.322 e. The minimum absolute atomic E-state index is 0.0721. The molecule has 1 saturated heterocycles. The Morgan fingerprint density at radius 1 is 1.14 bits per heavy atom. The molecular formula is C22H27N3O4. The van der Waals surface area contributed by atoms with E-state index in [-0.39, 0.29) is 18.0 Å². The summed E-state index contributed by atoms with van der Waals surface area (Å²) in [6.45, 7) is 2.66. The highest BCUT2D eigenvalue weighted by Gasteiger charge is 2.28. The number of ether oxygens (including phenoxy) is 2. The lowest BCUT2D eigenvalue weighted by Gasteiger charge is -2.35. The van der Waals surface area contributed by atoms with Crippen molar-refractivity contribution in [1.29, 1.82) is 0 Å². The number of nitrogens with one attached hydrogen (secondary N) is 1. The monoisotopic (exact) mass is 397 g/mol. The fourth-order valence-corrected chi connectivity index (χ4v) is 3.22. The van der Waals surface area contributed by atoms with E-state index in [9.17, 15) is 9.59 Å². The van der Waals surface area contributed by atoms with Gasteiger partial charge in [-0.15, -0.1) is 0 Å². The quantitative estimate of drug-likeness (QED) is 0.780. The molecule has 0 bridgehead atoms. The van der Waals surface area contributed by atoms with E-state index in [1.54, 1.807) is 29.0 Å². The zero-order valence-electron chi connectivity index (χ0n) is 16.6. The lowest BCUT2D eigenvalue weighted by atomic mass is 10.1. The molecule has 2 aromatic carbocycles. The maximum Gasteiger partial charge on any atom is 0.322 e. The number of methoxy groups -OCH3 is 1. The zero-order valence-corrected chi connectivity index (χ0v) is 16.6. The molecule has 3 rings (SSSR count). The molecule has 1 fully saturated rings. The number of carbonyl (C=O) groups is 2. The van der Waals surface area contributed by atoms with Crippen molar-refractivity contribution in [3.63, 3.8) is 0 Å². The van der Waals surface area contributed by atoms with Gasteiger partial charge in [-0.25, -0.2) is 4.79 Å². The van der Waals surface area contributed by atoms with Crippen LogP contribution in [0.15, 0.2) is 60.7 Å². The average Bonchev–Trinajstić information content (AvgIpc) is 2.77. The van der Waals surface area contributed by atoms with Crippen LogP contribution in [-0.4, -0.2) is 74.3 Å². The van der Waals surface area contributed by atoms with Crippen LogP contribution in [0.2, 0.25) is 0 Å². The predicted molar refractivity (Wildman–Crippen MR) is 111 cm³/mol. The van der Waals surface area contributed by atoms with E-state index in [0.717, 1.165) is 5.69 Å². The molecule has 3 amide bonds. The summed E-state index contributed by atoms with van der Waals surface area (Å²) in [6.07, 6.45) is -0.255. The van der Waals surface area contributed by atoms with E-state index in [4.69, 9.17) is 9.47 Å². The van der Waals surface area contributed by atoms with E-state index in [1.165, 1.54) is 0 Å². The molecular weight excluding hydrogens is 370 g/mol. The number of benzene rings is 2. The lowest BCUT2D eigenvalue weighted by molar-refractivity contribution is -0.0280. The second-order valence-corrected chi connectivity index (χ2v) is 6.84. The number of carbonyl (C=O) groups excluding carboxylic acids is 2. The van der Waals surface area contributed by atoms with E-state index in [1.807, 2.05) is 48.5 Å². The summed E-state index contributed by atoms with van der Waals surface area (Å²) in [7, 11) is 1.61. The van der Waals surface area contributed by atoms with Gasteiger partial charge in [-0.2, -0.15) is 0 Å². The van der Waals surface area contributed by atoms with Gasteiger partial charge >= 0.3 is 6.03 Å². The third kappa shape index (κ3) is 6.04. The zero-order chi connectivity index (χ0) is 20.5. The Morgan fingerprint density at radius 2 is 1.83 bits per heavy atom. The summed E-state index contributed by atoms with van der Waals surface area (Å²) in [4.78, 5) is 28.9. The molecule has 29 heavy (non-hydrogen) atoms. The highest BCUT2D eigenvalue weighted by molar-refractivity contribution is 5.94. The normalized spacial score (nSPS) is 16.3. The molecule has 1 aliphatic rings. The lowest BCUT2D eigenvalue weighted by Crippen LogP contribution is -2.52. The molecule has 0 spiro atoms. The second kappa shape index (κ2) is 10.6. The van der Waals surface area contributed by atoms with Gasteiger partial charge in [0.25, 0.3) is 5.91 Å². The topological polar surface area (TPSA) is 71.1 Å². The molecule has 154 valence electrons. The SMILES string of the molecule is COCCN(CC1CN(C(=O)Nc2ccccc2)CCO1)C(=O)c1ccccc1. The minimum Gasteiger partial charge on any atom is -0.383 e. The third-order valence-electron chi connectivity index (χ3n) is 4.75. The van der Waals surface area contributed by atoms with Crippen molar-refractivity contribution in [3.05, 3.63) is 66.2 Å². The van der Waals surface area contributed by atoms with Crippen molar-refractivity contribution in [1.82, 2.24) is 9.80 Å². The summed E-state index contributed by atoms with van der Waals surface area (Å²) >= 11 is 0. The van der Waals surface area contributed by atoms with Crippen LogP contribution >= 0.6 is 0 Å². The number of hydrogen-bond donors (Lipinski definition) is 1. The van der Waals surface area contributed by atoms with Gasteiger partial charge in [0, 0.05) is 38.0 Å². The summed E-state index contributed by atoms with van der Waals surface area (Å²) in [5.41, 5.74) is 1.37. The number of nitrogens with zero attached hydrogens (tertiary/aromatic N) is 2. The number of hydrogen-bond acceptors (Lipinski definition) is 4. The van der Waals surface area contributed by atoms with Crippen molar-refractivity contribution < 1.29 is 19.1 Å². The first kappa shape index (κ1) is 20.8. The first-order valence-corrected chi connectivity index (χ1v) is 9.73. The third-order valence-corrected chi connectivity index (χ3v) is 4.75. The molecule has 1 atom stereocenters. The van der Waals surface area contributed by atoms with Gasteiger partial charge in [-0.05, 0) is 24.3 Å². The predicted octanol–water partition coefficient (Wildman–Crippen LogP) is 2.71. The Hall–Kier alpha value is -2.90. The Bertz CT molecular complexity index is 785. The fraction of sp³-hybridized carbons (Fsp3) is 0.364. The van der Waals surface area contributed by atoms with Crippen molar-refractivity contribution in [2.45, 2.75) is 6.10 Å². The summed E-state index contributed by atoms with van der Waals surface area (Å²) in [6, 6.07) is 18.3. The second-order valence-electron chi connectivity index (χ2n) is 6.84. The standard InChI is InChI=1S/C22H27N3O4/c1-28-14-12-24(21(26)18-8-4-2-5-9-18)16-20-17-25(13-15-29-20)22(27)23-19-10-6-3-7-11-19/h2-11,20H,12-17H2,1H3,(H,23,27). The van der Waals surface area contributed by atoms with Crippen LogP contribution in [0.25, 0.3) is 0 Å². The molecule has 1 aliphatic heterocycles. The maximum absolute atomic E-state index is 12.9. The number of anilines is 1. The number of amides is 3. The van der Waals surface area contributed by atoms with Crippen LogP contribution in [0.4, 0.5) is 10.5 Å². The number of morpholine rings is 1. The van der Waals surface area contributed by atoms with Crippen LogP contribution in [0.3, 0.4) is 0 Å². The summed E-state index contributed by atoms with van der Waals surface area (Å²) in [5.74, 6) is -0.0721. The molecule has 0 saturated carbocycles. The van der Waals surface area contributed by atoms with E-state index in [0.29, 0.717) is 45.0 Å². The highest BCUT2D eigenvalue weighted by atomic mass is 16.5. The van der Waals surface area contributed by atoms with Crippen LogP contribution in [0.5, 0.6) is 0 Å². The summed E-state index contributed by atoms with van der Waals surface area (Å²) < 4.78 is 11.0. The Labute approximate surface area is 171 Å². The van der Waals surface area contributed by atoms with E-state index in [2.05, 4.69) is 5.32 Å². The van der Waals surface area contributed by atoms with Gasteiger partial charge in [0.15, 0.2) is 0 Å². The first-order valence-electron chi connectivity index (χ1n) is 9.73. The molecule has 1 heterocycles. The molecule has 1 unspecified atom stereocenters. The number of para-hydroxylation sites is 1. The largest absolute Gasteiger partial charge is 0.383 e. The van der Waals surface area contributed by atoms with E-state index < -0.39 is 0 Å². The highest BCUT2D eigenvalue weighted by Crippen LogP contribution is 2.13. The first-order chi connectivity index (χ1) is 14.2. The van der Waals surface area contributed by atoms with Crippen molar-refractivity contribution in [3.8, 4) is 0 Å². The fourth-order valence-electron chi connectivity index (χ4n) is 3.22. The van der Waals surface area contributed by atoms with Gasteiger partial charge in [0.2, 0.25) is 0 Å². The maximum atomic E-state index is 12.9. The van der Waals surface area contributed by atoms with Gasteiger partial charge in [-0.1, -0.05) is 36.4 Å². The molecule has 0 aliphatic carbocycles. The number of urea groups is 1. The minimum atomic E-state index is -0.255. The van der Waals surface area contributed by atoms with Gasteiger partial charge in [-0.3, -0.25) is 4.79 Å². The van der Waals surface area contributed by atoms with Crippen LogP contribution in [0, 0.1) is 0 Å². The molecule has 1 N–H and O–H groups in total. The molecule has 0 aromatic heterocycles. The molecule has 7 heteroatoms. The van der Waals surface area contributed by atoms with Crippen LogP contribution in [0.1, 0.15) is 10.4 Å². The van der Waals surface area contributed by atoms with Crippen LogP contribution < -0.4 is 5.32 Å². The Kier molecular flexibility index (Phi) is 7.61. The van der Waals surface area contributed by atoms with Crippen molar-refractivity contribution >= 4 is 17.6 Å². The van der Waals surface area contributed by atoms with Gasteiger partial charge in [0.1, 0.15) is 0 Å². The molecule has 0 radical (unpaired) electrons. The van der Waals surface area contributed by atoms with Crippen molar-refractivity contribution in [2.75, 3.05) is 51.8 Å².